The van der Waals surface area contributed by atoms with Crippen molar-refractivity contribution in [3.8, 4) is 0 Å². The zero-order valence-corrected chi connectivity index (χ0v) is 43.2. The van der Waals surface area contributed by atoms with E-state index in [0.717, 1.165) is 116 Å². The van der Waals surface area contributed by atoms with E-state index >= 15 is 0 Å². The largest absolute Gasteiger partial charge is 0.462 e. The topological polar surface area (TPSA) is 78.9 Å². The van der Waals surface area contributed by atoms with Crippen LogP contribution < -0.4 is 0 Å². The highest BCUT2D eigenvalue weighted by Crippen LogP contribution is 2.14. The molecule has 0 rings (SSSR count). The van der Waals surface area contributed by atoms with Crippen LogP contribution in [0.3, 0.4) is 0 Å². The molecule has 0 aromatic heterocycles. The van der Waals surface area contributed by atoms with Gasteiger partial charge in [-0.25, -0.2) is 0 Å². The molecule has 0 fully saturated rings. The predicted molar refractivity (Wildman–Crippen MR) is 284 cm³/mol. The summed E-state index contributed by atoms with van der Waals surface area (Å²) in [5, 5.41) is 0. The molecular weight excluding hydrogens is 817 g/mol. The number of rotatable bonds is 49. The minimum Gasteiger partial charge on any atom is -0.462 e. The van der Waals surface area contributed by atoms with Gasteiger partial charge in [-0.15, -0.1) is 0 Å². The number of carbonyl (C=O) groups is 3. The van der Waals surface area contributed by atoms with Crippen LogP contribution in [0.15, 0.2) is 85.1 Å². The molecule has 0 aliphatic heterocycles. The average Bonchev–Trinajstić information content (AvgIpc) is 3.31. The molecule has 0 radical (unpaired) electrons. The fourth-order valence-corrected chi connectivity index (χ4v) is 7.47. The van der Waals surface area contributed by atoms with Crippen molar-refractivity contribution in [1.29, 1.82) is 0 Å². The molecule has 0 saturated carbocycles. The highest BCUT2D eigenvalue weighted by molar-refractivity contribution is 5.71. The van der Waals surface area contributed by atoms with Crippen LogP contribution in [0.4, 0.5) is 0 Å². The fourth-order valence-electron chi connectivity index (χ4n) is 7.47. The summed E-state index contributed by atoms with van der Waals surface area (Å²) in [5.41, 5.74) is 0. The fraction of sp³-hybridized carbons (Fsp3) is 0.717. The van der Waals surface area contributed by atoms with Gasteiger partial charge in [-0.2, -0.15) is 0 Å². The van der Waals surface area contributed by atoms with E-state index in [1.54, 1.807) is 0 Å². The Bertz CT molecular complexity index is 1290. The van der Waals surface area contributed by atoms with Crippen molar-refractivity contribution >= 4 is 17.9 Å². The number of esters is 3. The second-order valence-electron chi connectivity index (χ2n) is 18.1. The molecule has 0 aromatic carbocycles. The Morgan fingerprint density at radius 2 is 0.621 bits per heavy atom. The minimum atomic E-state index is -0.796. The van der Waals surface area contributed by atoms with Crippen LogP contribution in [0.1, 0.15) is 258 Å². The quantitative estimate of drug-likeness (QED) is 0.0262. The van der Waals surface area contributed by atoms with Crippen LogP contribution in [0, 0.1) is 0 Å². The molecular formula is C60H102O6. The van der Waals surface area contributed by atoms with Gasteiger partial charge in [-0.1, -0.05) is 215 Å². The molecule has 0 aliphatic rings. The Kier molecular flexibility index (Phi) is 51.4. The first-order chi connectivity index (χ1) is 32.5. The van der Waals surface area contributed by atoms with Crippen LogP contribution in [0.2, 0.25) is 0 Å². The van der Waals surface area contributed by atoms with Gasteiger partial charge in [0.05, 0.1) is 0 Å². The van der Waals surface area contributed by atoms with Crippen LogP contribution in [-0.2, 0) is 28.6 Å². The maximum absolute atomic E-state index is 12.8. The van der Waals surface area contributed by atoms with E-state index in [2.05, 4.69) is 106 Å². The lowest BCUT2D eigenvalue weighted by Gasteiger charge is -2.18. The summed E-state index contributed by atoms with van der Waals surface area (Å²) >= 11 is 0. The number of unbranched alkanes of at least 4 members (excludes halogenated alkanes) is 24. The zero-order valence-electron chi connectivity index (χ0n) is 43.2. The van der Waals surface area contributed by atoms with Gasteiger partial charge in [0.25, 0.3) is 0 Å². The molecule has 378 valence electrons. The highest BCUT2D eigenvalue weighted by atomic mass is 16.6. The van der Waals surface area contributed by atoms with E-state index in [-0.39, 0.29) is 31.1 Å². The third kappa shape index (κ3) is 51.6. The van der Waals surface area contributed by atoms with Gasteiger partial charge in [-0.05, 0) is 109 Å². The molecule has 0 heterocycles. The minimum absolute atomic E-state index is 0.0935. The first kappa shape index (κ1) is 62.6. The molecule has 0 saturated heterocycles. The third-order valence-corrected chi connectivity index (χ3v) is 11.6. The van der Waals surface area contributed by atoms with E-state index in [0.29, 0.717) is 19.3 Å². The molecule has 1 atom stereocenters. The highest BCUT2D eigenvalue weighted by Gasteiger charge is 2.19. The molecule has 0 aromatic rings. The Morgan fingerprint density at radius 1 is 0.318 bits per heavy atom. The van der Waals surface area contributed by atoms with Crippen molar-refractivity contribution in [2.75, 3.05) is 13.2 Å². The molecule has 6 heteroatoms. The Hall–Kier alpha value is -3.41. The molecule has 1 unspecified atom stereocenters. The molecule has 66 heavy (non-hydrogen) atoms. The van der Waals surface area contributed by atoms with E-state index in [9.17, 15) is 14.4 Å². The normalized spacial score (nSPS) is 12.7. The monoisotopic (exact) mass is 919 g/mol. The van der Waals surface area contributed by atoms with Gasteiger partial charge in [0.1, 0.15) is 13.2 Å². The summed E-state index contributed by atoms with van der Waals surface area (Å²) in [6, 6.07) is 0. The van der Waals surface area contributed by atoms with Gasteiger partial charge < -0.3 is 14.2 Å². The second-order valence-corrected chi connectivity index (χ2v) is 18.1. The number of ether oxygens (including phenoxy) is 3. The maximum Gasteiger partial charge on any atom is 0.306 e. The van der Waals surface area contributed by atoms with Gasteiger partial charge in [0.15, 0.2) is 6.10 Å². The van der Waals surface area contributed by atoms with Crippen LogP contribution in [0.5, 0.6) is 0 Å². The van der Waals surface area contributed by atoms with Crippen LogP contribution >= 0.6 is 0 Å². The summed E-state index contributed by atoms with van der Waals surface area (Å²) in [6.45, 7) is 6.41. The summed E-state index contributed by atoms with van der Waals surface area (Å²) in [6.07, 6.45) is 70.2. The Balaban J connectivity index is 4.26. The van der Waals surface area contributed by atoms with Gasteiger partial charge >= 0.3 is 17.9 Å². The van der Waals surface area contributed by atoms with E-state index in [1.165, 1.54) is 103 Å². The van der Waals surface area contributed by atoms with Crippen molar-refractivity contribution in [1.82, 2.24) is 0 Å². The van der Waals surface area contributed by atoms with Crippen LogP contribution in [-0.4, -0.2) is 37.2 Å². The van der Waals surface area contributed by atoms with Crippen molar-refractivity contribution in [2.24, 2.45) is 0 Å². The second kappa shape index (κ2) is 54.2. The van der Waals surface area contributed by atoms with Gasteiger partial charge in [0, 0.05) is 19.3 Å². The Morgan fingerprint density at radius 3 is 1.02 bits per heavy atom. The molecule has 6 nitrogen and oxygen atoms in total. The van der Waals surface area contributed by atoms with E-state index < -0.39 is 6.10 Å². The molecule has 0 amide bonds. The predicted octanol–water partition coefficient (Wildman–Crippen LogP) is 18.4. The number of hydrogen-bond acceptors (Lipinski definition) is 6. The number of hydrogen-bond donors (Lipinski definition) is 0. The van der Waals surface area contributed by atoms with Crippen molar-refractivity contribution in [2.45, 2.75) is 264 Å². The summed E-state index contributed by atoms with van der Waals surface area (Å²) in [4.78, 5) is 37.9. The third-order valence-electron chi connectivity index (χ3n) is 11.6. The van der Waals surface area contributed by atoms with Crippen molar-refractivity contribution in [3.63, 3.8) is 0 Å². The van der Waals surface area contributed by atoms with Crippen molar-refractivity contribution in [3.05, 3.63) is 85.1 Å². The SMILES string of the molecule is CC/C=C\C/C=C\C/C=C\CCCCCC(=O)OC(COC(=O)CCCCCCC/C=C\CCC)COC(=O)CCCCCCCCCCCC/C=C\C/C=C\C/C=C\CCCCCCC. The van der Waals surface area contributed by atoms with Crippen LogP contribution in [0.25, 0.3) is 0 Å². The summed E-state index contributed by atoms with van der Waals surface area (Å²) < 4.78 is 16.8. The van der Waals surface area contributed by atoms with Crippen molar-refractivity contribution < 1.29 is 28.6 Å². The first-order valence-corrected chi connectivity index (χ1v) is 27.6. The molecule has 0 bridgehead atoms. The van der Waals surface area contributed by atoms with Gasteiger partial charge in [0.2, 0.25) is 0 Å². The zero-order chi connectivity index (χ0) is 47.9. The Labute approximate surface area is 407 Å². The molecule has 0 spiro atoms. The summed E-state index contributed by atoms with van der Waals surface area (Å²) in [5.74, 6) is -0.938. The van der Waals surface area contributed by atoms with E-state index in [4.69, 9.17) is 14.2 Å². The lowest BCUT2D eigenvalue weighted by atomic mass is 10.1. The molecule has 0 aliphatic carbocycles. The van der Waals surface area contributed by atoms with E-state index in [1.807, 2.05) is 0 Å². The standard InChI is InChI=1S/C60H102O6/c1-4-7-10-13-16-19-22-24-25-26-27-28-29-30-31-32-33-34-35-37-38-41-44-47-50-53-59(62)65-56-57(55-64-58(61)52-49-46-43-40-21-18-15-12-9-6-3)66-60(63)54-51-48-45-42-39-36-23-20-17-14-11-8-5-2/h8,11-12,15,17,20,22,24,26-27,29-30,36,39,57H,4-7,9-10,13-14,16,18-19,21,23,25,28,31-35,37-38,40-56H2,1-3H3/b11-8-,15-12-,20-17-,24-22-,27-26-,30-29-,39-36-. The maximum atomic E-state index is 12.8. The first-order valence-electron chi connectivity index (χ1n) is 27.6. The number of allylic oxidation sites excluding steroid dienone is 14. The molecule has 0 N–H and O–H groups in total. The smallest absolute Gasteiger partial charge is 0.306 e. The summed E-state index contributed by atoms with van der Waals surface area (Å²) in [7, 11) is 0. The number of carbonyl (C=O) groups excluding carboxylic acids is 3. The average molecular weight is 919 g/mol. The lowest BCUT2D eigenvalue weighted by molar-refractivity contribution is -0.167. The van der Waals surface area contributed by atoms with Gasteiger partial charge in [-0.3, -0.25) is 14.4 Å². The lowest BCUT2D eigenvalue weighted by Crippen LogP contribution is -2.30.